The second-order valence-corrected chi connectivity index (χ2v) is 9.28. The molecule has 1 unspecified atom stereocenters. The van der Waals surface area contributed by atoms with Crippen molar-refractivity contribution in [2.45, 2.75) is 24.8 Å². The standard InChI is InChI=1S/C24H25ClN2O5S/c1-3-31-21-10-8-20(9-11-21)27-33(29,30)23-14-12-22(13-15-23)32-16-24(28)26-17(2)18-4-6-19(25)7-5-18/h4-15,17,27H,3,16H2,1-2H3,(H,26,28). The fourth-order valence-corrected chi connectivity index (χ4v) is 4.17. The molecule has 7 nitrogen and oxygen atoms in total. The van der Waals surface area contributed by atoms with E-state index in [0.29, 0.717) is 28.8 Å². The zero-order valence-electron chi connectivity index (χ0n) is 18.2. The number of hydrogen-bond donors (Lipinski definition) is 2. The summed E-state index contributed by atoms with van der Waals surface area (Å²) in [7, 11) is -3.77. The first-order valence-electron chi connectivity index (χ1n) is 10.3. The van der Waals surface area contributed by atoms with Gasteiger partial charge in [0.1, 0.15) is 11.5 Å². The van der Waals surface area contributed by atoms with Crippen LogP contribution in [0.5, 0.6) is 11.5 Å². The van der Waals surface area contributed by atoms with E-state index in [1.807, 2.05) is 26.0 Å². The van der Waals surface area contributed by atoms with Crippen molar-refractivity contribution < 1.29 is 22.7 Å². The van der Waals surface area contributed by atoms with Gasteiger partial charge < -0.3 is 14.8 Å². The van der Waals surface area contributed by atoms with Crippen molar-refractivity contribution in [1.82, 2.24) is 5.32 Å². The number of benzene rings is 3. The van der Waals surface area contributed by atoms with Crippen molar-refractivity contribution in [3.8, 4) is 11.5 Å². The van der Waals surface area contributed by atoms with Crippen LogP contribution in [0.25, 0.3) is 0 Å². The van der Waals surface area contributed by atoms with Crippen molar-refractivity contribution in [3.05, 3.63) is 83.4 Å². The maximum Gasteiger partial charge on any atom is 0.261 e. The highest BCUT2D eigenvalue weighted by atomic mass is 35.5. The first-order valence-corrected chi connectivity index (χ1v) is 12.2. The van der Waals surface area contributed by atoms with Crippen molar-refractivity contribution in [3.63, 3.8) is 0 Å². The molecular weight excluding hydrogens is 464 g/mol. The van der Waals surface area contributed by atoms with Crippen LogP contribution in [0, 0.1) is 0 Å². The molecule has 0 saturated heterocycles. The van der Waals surface area contributed by atoms with Crippen LogP contribution >= 0.6 is 11.6 Å². The molecule has 1 atom stereocenters. The monoisotopic (exact) mass is 488 g/mol. The van der Waals surface area contributed by atoms with Gasteiger partial charge in [0.25, 0.3) is 15.9 Å². The van der Waals surface area contributed by atoms with Gasteiger partial charge in [-0.25, -0.2) is 8.42 Å². The van der Waals surface area contributed by atoms with E-state index in [1.165, 1.54) is 24.3 Å². The molecule has 3 aromatic rings. The van der Waals surface area contributed by atoms with Crippen LogP contribution in [0.4, 0.5) is 5.69 Å². The second-order valence-electron chi connectivity index (χ2n) is 7.16. The Morgan fingerprint density at radius 2 is 1.48 bits per heavy atom. The van der Waals surface area contributed by atoms with Gasteiger partial charge in [0.15, 0.2) is 6.61 Å². The SMILES string of the molecule is CCOc1ccc(NS(=O)(=O)c2ccc(OCC(=O)NC(C)c3ccc(Cl)cc3)cc2)cc1. The lowest BCUT2D eigenvalue weighted by atomic mass is 10.1. The predicted octanol–water partition coefficient (Wildman–Crippen LogP) is 4.80. The van der Waals surface area contributed by atoms with Crippen LogP contribution in [-0.4, -0.2) is 27.5 Å². The highest BCUT2D eigenvalue weighted by molar-refractivity contribution is 7.92. The molecule has 0 fully saturated rings. The maximum absolute atomic E-state index is 12.6. The molecule has 0 spiro atoms. The number of carbonyl (C=O) groups excluding carboxylic acids is 1. The molecule has 0 radical (unpaired) electrons. The molecule has 0 saturated carbocycles. The smallest absolute Gasteiger partial charge is 0.261 e. The highest BCUT2D eigenvalue weighted by Gasteiger charge is 2.15. The fourth-order valence-electron chi connectivity index (χ4n) is 2.98. The zero-order chi connectivity index (χ0) is 23.8. The normalized spacial score (nSPS) is 12.0. The van der Waals surface area contributed by atoms with Crippen LogP contribution in [0.2, 0.25) is 5.02 Å². The predicted molar refractivity (Wildman–Crippen MR) is 128 cm³/mol. The molecule has 0 aliphatic heterocycles. The third kappa shape index (κ3) is 7.13. The Morgan fingerprint density at radius 3 is 2.09 bits per heavy atom. The van der Waals surface area contributed by atoms with E-state index in [2.05, 4.69) is 10.0 Å². The van der Waals surface area contributed by atoms with Gasteiger partial charge in [-0.1, -0.05) is 23.7 Å². The van der Waals surface area contributed by atoms with Gasteiger partial charge in [0.05, 0.1) is 17.5 Å². The number of carbonyl (C=O) groups is 1. The number of sulfonamides is 1. The minimum atomic E-state index is -3.77. The average Bonchev–Trinajstić information content (AvgIpc) is 2.80. The molecule has 1 amide bonds. The minimum Gasteiger partial charge on any atom is -0.494 e. The Kier molecular flexibility index (Phi) is 8.19. The first kappa shape index (κ1) is 24.4. The molecule has 0 aliphatic rings. The van der Waals surface area contributed by atoms with Gasteiger partial charge in [-0.05, 0) is 80.1 Å². The van der Waals surface area contributed by atoms with Crippen LogP contribution in [0.1, 0.15) is 25.5 Å². The van der Waals surface area contributed by atoms with Gasteiger partial charge >= 0.3 is 0 Å². The third-order valence-corrected chi connectivity index (χ3v) is 6.32. The van der Waals surface area contributed by atoms with E-state index in [1.54, 1.807) is 36.4 Å². The minimum absolute atomic E-state index is 0.0737. The Hall–Kier alpha value is -3.23. The topological polar surface area (TPSA) is 93.7 Å². The van der Waals surface area contributed by atoms with Crippen LogP contribution in [0.15, 0.2) is 77.7 Å². The third-order valence-electron chi connectivity index (χ3n) is 4.67. The molecule has 0 aromatic heterocycles. The molecule has 9 heteroatoms. The molecule has 33 heavy (non-hydrogen) atoms. The lowest BCUT2D eigenvalue weighted by Gasteiger charge is -2.15. The average molecular weight is 489 g/mol. The molecule has 0 bridgehead atoms. The molecule has 2 N–H and O–H groups in total. The van der Waals surface area contributed by atoms with Gasteiger partial charge in [-0.15, -0.1) is 0 Å². The zero-order valence-corrected chi connectivity index (χ0v) is 19.8. The summed E-state index contributed by atoms with van der Waals surface area (Å²) in [5, 5.41) is 3.46. The number of amides is 1. The van der Waals surface area contributed by atoms with Crippen LogP contribution in [-0.2, 0) is 14.8 Å². The summed E-state index contributed by atoms with van der Waals surface area (Å²) in [5.74, 6) is 0.740. The van der Waals surface area contributed by atoms with Crippen LogP contribution < -0.4 is 19.5 Å². The lowest BCUT2D eigenvalue weighted by molar-refractivity contribution is -0.123. The summed E-state index contributed by atoms with van der Waals surface area (Å²) < 4.78 is 38.6. The van der Waals surface area contributed by atoms with Crippen LogP contribution in [0.3, 0.4) is 0 Å². The van der Waals surface area contributed by atoms with Gasteiger partial charge in [-0.2, -0.15) is 0 Å². The van der Waals surface area contributed by atoms with Gasteiger partial charge in [0, 0.05) is 10.7 Å². The number of rotatable bonds is 10. The lowest BCUT2D eigenvalue weighted by Crippen LogP contribution is -2.31. The quantitative estimate of drug-likeness (QED) is 0.427. The summed E-state index contributed by atoms with van der Waals surface area (Å²) in [6.45, 7) is 4.06. The summed E-state index contributed by atoms with van der Waals surface area (Å²) in [6.07, 6.45) is 0. The van der Waals surface area contributed by atoms with E-state index >= 15 is 0 Å². The fraction of sp³-hybridized carbons (Fsp3) is 0.208. The summed E-state index contributed by atoms with van der Waals surface area (Å²) in [4.78, 5) is 12.3. The Morgan fingerprint density at radius 1 is 0.909 bits per heavy atom. The molecule has 174 valence electrons. The Labute approximate surface area is 198 Å². The van der Waals surface area contributed by atoms with E-state index < -0.39 is 10.0 Å². The molecule has 3 aromatic carbocycles. The van der Waals surface area contributed by atoms with E-state index in [4.69, 9.17) is 21.1 Å². The first-order chi connectivity index (χ1) is 15.8. The molecular formula is C24H25ClN2O5S. The number of anilines is 1. The largest absolute Gasteiger partial charge is 0.494 e. The van der Waals surface area contributed by atoms with E-state index in [-0.39, 0.29) is 23.5 Å². The highest BCUT2D eigenvalue weighted by Crippen LogP contribution is 2.21. The summed E-state index contributed by atoms with van der Waals surface area (Å²) in [6, 6.07) is 19.5. The second kappa shape index (κ2) is 11.1. The number of hydrogen-bond acceptors (Lipinski definition) is 5. The van der Waals surface area contributed by atoms with Crippen molar-refractivity contribution in [2.75, 3.05) is 17.9 Å². The van der Waals surface area contributed by atoms with Crippen molar-refractivity contribution in [1.29, 1.82) is 0 Å². The Balaban J connectivity index is 1.53. The number of nitrogens with one attached hydrogen (secondary N) is 2. The van der Waals surface area contributed by atoms with E-state index in [9.17, 15) is 13.2 Å². The molecule has 3 rings (SSSR count). The van der Waals surface area contributed by atoms with E-state index in [0.717, 1.165) is 5.56 Å². The molecule has 0 aliphatic carbocycles. The molecule has 0 heterocycles. The Bertz CT molecular complexity index is 1160. The number of ether oxygens (including phenoxy) is 2. The van der Waals surface area contributed by atoms with Crippen molar-refractivity contribution >= 4 is 33.2 Å². The van der Waals surface area contributed by atoms with Gasteiger partial charge in [0.2, 0.25) is 0 Å². The number of halogens is 1. The maximum atomic E-state index is 12.6. The summed E-state index contributed by atoms with van der Waals surface area (Å²) >= 11 is 5.88. The summed E-state index contributed by atoms with van der Waals surface area (Å²) in [5.41, 5.74) is 1.34. The van der Waals surface area contributed by atoms with Gasteiger partial charge in [-0.3, -0.25) is 9.52 Å². The van der Waals surface area contributed by atoms with Crippen molar-refractivity contribution in [2.24, 2.45) is 0 Å².